The lowest BCUT2D eigenvalue weighted by Crippen LogP contribution is -1.93. The maximum Gasteiger partial charge on any atom is 0.143 e. The predicted octanol–water partition coefficient (Wildman–Crippen LogP) is 2.56. The number of anilines is 1. The van der Waals surface area contributed by atoms with Gasteiger partial charge in [-0.3, -0.25) is 0 Å². The third kappa shape index (κ3) is 1.29. The van der Waals surface area contributed by atoms with E-state index in [1.54, 1.807) is 7.11 Å². The third-order valence-corrected chi connectivity index (χ3v) is 2.91. The fourth-order valence-corrected chi connectivity index (χ4v) is 2.10. The Morgan fingerprint density at radius 2 is 2.38 bits per heavy atom. The lowest BCUT2D eigenvalue weighted by Gasteiger charge is -2.09. The molecular weight excluding hydrogens is 237 g/mol. The average molecular weight is 246 g/mol. The van der Waals surface area contributed by atoms with Gasteiger partial charge in [0, 0.05) is 17.8 Å². The summed E-state index contributed by atoms with van der Waals surface area (Å²) in [6.45, 7) is 0.849. The van der Waals surface area contributed by atoms with Crippen LogP contribution in [0.5, 0.6) is 5.75 Å². The maximum absolute atomic E-state index is 13.3. The molecule has 0 saturated carbocycles. The van der Waals surface area contributed by atoms with Gasteiger partial charge in [0.25, 0.3) is 0 Å². The van der Waals surface area contributed by atoms with Crippen LogP contribution in [0.4, 0.5) is 10.1 Å². The molecule has 70 valence electrons. The highest BCUT2D eigenvalue weighted by atomic mass is 79.9. The summed E-state index contributed by atoms with van der Waals surface area (Å²) in [7, 11) is 1.55. The number of nitrogens with one attached hydrogen (secondary N) is 1. The molecule has 4 heteroatoms. The van der Waals surface area contributed by atoms with Crippen molar-refractivity contribution in [3.63, 3.8) is 0 Å². The largest absolute Gasteiger partial charge is 0.495 e. The Labute approximate surface area is 84.2 Å². The van der Waals surface area contributed by atoms with Gasteiger partial charge in [0.1, 0.15) is 11.6 Å². The molecule has 0 fully saturated rings. The van der Waals surface area contributed by atoms with Crippen molar-refractivity contribution >= 4 is 21.6 Å². The van der Waals surface area contributed by atoms with Crippen LogP contribution in [0, 0.1) is 5.82 Å². The molecule has 0 bridgehead atoms. The molecule has 1 heterocycles. The van der Waals surface area contributed by atoms with Gasteiger partial charge < -0.3 is 10.1 Å². The Balaban J connectivity index is 2.64. The summed E-state index contributed by atoms with van der Waals surface area (Å²) in [5.74, 6) is 0.324. The van der Waals surface area contributed by atoms with E-state index in [1.807, 2.05) is 0 Å². The van der Waals surface area contributed by atoms with Crippen LogP contribution in [0.3, 0.4) is 0 Å². The molecule has 1 aromatic carbocycles. The number of methoxy groups -OCH3 is 1. The van der Waals surface area contributed by atoms with Crippen LogP contribution in [0.15, 0.2) is 10.5 Å². The van der Waals surface area contributed by atoms with Gasteiger partial charge in [-0.1, -0.05) is 0 Å². The number of ether oxygens (including phenoxy) is 1. The number of rotatable bonds is 1. The minimum Gasteiger partial charge on any atom is -0.495 e. The second-order valence-electron chi connectivity index (χ2n) is 2.91. The first-order valence-electron chi connectivity index (χ1n) is 4.02. The van der Waals surface area contributed by atoms with Crippen LogP contribution >= 0.6 is 15.9 Å². The van der Waals surface area contributed by atoms with Gasteiger partial charge >= 0.3 is 0 Å². The second-order valence-corrected chi connectivity index (χ2v) is 3.70. The Morgan fingerprint density at radius 3 is 3.08 bits per heavy atom. The van der Waals surface area contributed by atoms with Gasteiger partial charge in [-0.2, -0.15) is 0 Å². The quantitative estimate of drug-likeness (QED) is 0.822. The number of hydrogen-bond acceptors (Lipinski definition) is 2. The first kappa shape index (κ1) is 8.81. The fraction of sp³-hybridized carbons (Fsp3) is 0.333. The lowest BCUT2D eigenvalue weighted by atomic mass is 10.1. The topological polar surface area (TPSA) is 21.3 Å². The molecule has 1 N–H and O–H groups in total. The Hall–Kier alpha value is -0.770. The zero-order valence-corrected chi connectivity index (χ0v) is 8.74. The third-order valence-electron chi connectivity index (χ3n) is 2.17. The smallest absolute Gasteiger partial charge is 0.143 e. The van der Waals surface area contributed by atoms with E-state index in [9.17, 15) is 4.39 Å². The van der Waals surface area contributed by atoms with Gasteiger partial charge in [-0.15, -0.1) is 0 Å². The molecule has 0 saturated heterocycles. The second kappa shape index (κ2) is 3.18. The summed E-state index contributed by atoms with van der Waals surface area (Å²) >= 11 is 3.17. The van der Waals surface area contributed by atoms with Crippen molar-refractivity contribution in [2.45, 2.75) is 6.42 Å². The number of halogens is 2. The average Bonchev–Trinajstić information content (AvgIpc) is 2.54. The van der Waals surface area contributed by atoms with Crippen molar-refractivity contribution < 1.29 is 9.13 Å². The van der Waals surface area contributed by atoms with Gasteiger partial charge in [0.15, 0.2) is 0 Å². The summed E-state index contributed by atoms with van der Waals surface area (Å²) in [6.07, 6.45) is 0.886. The monoisotopic (exact) mass is 245 g/mol. The molecule has 0 spiro atoms. The molecule has 0 atom stereocenters. The van der Waals surface area contributed by atoms with E-state index in [4.69, 9.17) is 4.74 Å². The molecule has 0 unspecified atom stereocenters. The number of fused-ring (bicyclic) bond motifs is 1. The fourth-order valence-electron chi connectivity index (χ4n) is 1.58. The van der Waals surface area contributed by atoms with Gasteiger partial charge in [0.2, 0.25) is 0 Å². The molecule has 1 aliphatic heterocycles. The molecule has 0 aromatic heterocycles. The zero-order valence-electron chi connectivity index (χ0n) is 7.16. The van der Waals surface area contributed by atoms with E-state index in [0.717, 1.165) is 24.2 Å². The number of benzene rings is 1. The van der Waals surface area contributed by atoms with E-state index >= 15 is 0 Å². The molecule has 2 nitrogen and oxygen atoms in total. The predicted molar refractivity (Wildman–Crippen MR) is 52.8 cm³/mol. The molecular formula is C9H9BrFNO. The minimum absolute atomic E-state index is 0.287. The highest BCUT2D eigenvalue weighted by Gasteiger charge is 2.20. The standard InChI is InChI=1S/C9H9BrFNO/c1-13-9-5-2-3-12-7(5)4-6(11)8(9)10/h4,12H,2-3H2,1H3. The molecule has 1 aromatic rings. The molecule has 0 aliphatic carbocycles. The van der Waals surface area contributed by atoms with Crippen LogP contribution < -0.4 is 10.1 Å². The molecule has 2 rings (SSSR count). The maximum atomic E-state index is 13.3. The van der Waals surface area contributed by atoms with Crippen LogP contribution in [-0.2, 0) is 6.42 Å². The van der Waals surface area contributed by atoms with Gasteiger partial charge in [-0.05, 0) is 28.4 Å². The van der Waals surface area contributed by atoms with Crippen LogP contribution in [0.25, 0.3) is 0 Å². The zero-order chi connectivity index (χ0) is 9.42. The van der Waals surface area contributed by atoms with E-state index in [1.165, 1.54) is 6.07 Å². The molecule has 13 heavy (non-hydrogen) atoms. The van der Waals surface area contributed by atoms with Crippen LogP contribution in [-0.4, -0.2) is 13.7 Å². The summed E-state index contributed by atoms with van der Waals surface area (Å²) in [5, 5.41) is 3.10. The van der Waals surface area contributed by atoms with Crippen LogP contribution in [0.2, 0.25) is 0 Å². The van der Waals surface area contributed by atoms with E-state index < -0.39 is 0 Å². The highest BCUT2D eigenvalue weighted by Crippen LogP contribution is 2.39. The minimum atomic E-state index is -0.287. The summed E-state index contributed by atoms with van der Waals surface area (Å²) in [4.78, 5) is 0. The van der Waals surface area contributed by atoms with Gasteiger partial charge in [-0.25, -0.2) is 4.39 Å². The highest BCUT2D eigenvalue weighted by molar-refractivity contribution is 9.10. The molecule has 1 aliphatic rings. The van der Waals surface area contributed by atoms with E-state index in [2.05, 4.69) is 21.2 Å². The Kier molecular flexibility index (Phi) is 2.15. The van der Waals surface area contributed by atoms with Crippen molar-refractivity contribution in [2.24, 2.45) is 0 Å². The van der Waals surface area contributed by atoms with Crippen molar-refractivity contribution in [3.8, 4) is 5.75 Å². The Morgan fingerprint density at radius 1 is 1.62 bits per heavy atom. The van der Waals surface area contributed by atoms with Gasteiger partial charge in [0.05, 0.1) is 11.6 Å². The number of hydrogen-bond donors (Lipinski definition) is 1. The van der Waals surface area contributed by atoms with E-state index in [0.29, 0.717) is 10.2 Å². The summed E-state index contributed by atoms with van der Waals surface area (Å²) in [6, 6.07) is 1.49. The summed E-state index contributed by atoms with van der Waals surface area (Å²) < 4.78 is 18.8. The summed E-state index contributed by atoms with van der Waals surface area (Å²) in [5.41, 5.74) is 1.90. The first-order chi connectivity index (χ1) is 6.24. The SMILES string of the molecule is COc1c(Br)c(F)cc2c1CCN2. The first-order valence-corrected chi connectivity index (χ1v) is 4.82. The van der Waals surface area contributed by atoms with Crippen molar-refractivity contribution in [2.75, 3.05) is 19.0 Å². The van der Waals surface area contributed by atoms with Crippen molar-refractivity contribution in [1.82, 2.24) is 0 Å². The Bertz CT molecular complexity index is 354. The van der Waals surface area contributed by atoms with E-state index in [-0.39, 0.29) is 5.82 Å². The lowest BCUT2D eigenvalue weighted by molar-refractivity contribution is 0.404. The normalized spacial score (nSPS) is 13.8. The van der Waals surface area contributed by atoms with Crippen LogP contribution in [0.1, 0.15) is 5.56 Å². The molecule has 0 radical (unpaired) electrons. The molecule has 0 amide bonds. The van der Waals surface area contributed by atoms with Crippen molar-refractivity contribution in [3.05, 3.63) is 21.9 Å². The van der Waals surface area contributed by atoms with Crippen molar-refractivity contribution in [1.29, 1.82) is 0 Å².